The Hall–Kier alpha value is -1.55. The van der Waals surface area contributed by atoms with Crippen molar-refractivity contribution in [1.29, 1.82) is 0 Å². The summed E-state index contributed by atoms with van der Waals surface area (Å²) >= 11 is 0. The molecule has 0 amide bonds. The lowest BCUT2D eigenvalue weighted by Crippen LogP contribution is -2.11. The number of nitrogens with two attached hydrogens (primary N) is 2. The number of hydrogen-bond acceptors (Lipinski definition) is 3. The quantitative estimate of drug-likeness (QED) is 0.727. The fraction of sp³-hybridized carbons (Fsp3) is 0.333. The Kier molecular flexibility index (Phi) is 8.60. The molecule has 0 bridgehead atoms. The van der Waals surface area contributed by atoms with Gasteiger partial charge in [0.2, 0.25) is 0 Å². The van der Waals surface area contributed by atoms with E-state index < -0.39 is 0 Å². The van der Waals surface area contributed by atoms with Gasteiger partial charge >= 0.3 is 0 Å². The van der Waals surface area contributed by atoms with Gasteiger partial charge in [-0.25, -0.2) is 0 Å². The molecule has 0 saturated heterocycles. The van der Waals surface area contributed by atoms with Crippen LogP contribution in [0.4, 0.5) is 0 Å². The normalized spacial score (nSPS) is 11.5. The van der Waals surface area contributed by atoms with Crippen LogP contribution >= 0.6 is 12.4 Å². The van der Waals surface area contributed by atoms with Gasteiger partial charge in [-0.2, -0.15) is 0 Å². The molecule has 0 aliphatic carbocycles. The summed E-state index contributed by atoms with van der Waals surface area (Å²) in [5.74, 6) is 0.866. The van der Waals surface area contributed by atoms with Crippen molar-refractivity contribution in [1.82, 2.24) is 0 Å². The van der Waals surface area contributed by atoms with E-state index in [0.717, 1.165) is 42.7 Å². The van der Waals surface area contributed by atoms with Crippen LogP contribution in [0.15, 0.2) is 54.6 Å². The molecule has 4 N–H and O–H groups in total. The van der Waals surface area contributed by atoms with Crippen LogP contribution in [0.25, 0.3) is 0 Å². The van der Waals surface area contributed by atoms with E-state index in [4.69, 9.17) is 16.2 Å². The third kappa shape index (κ3) is 6.06. The molecule has 0 radical (unpaired) electrons. The SMILES string of the molecule is Cl.NCCCC[C@H](N)c1cccc(OCc2ccccc2)c1. The fourth-order valence-electron chi connectivity index (χ4n) is 2.25. The van der Waals surface area contributed by atoms with Gasteiger partial charge in [0.1, 0.15) is 12.4 Å². The second-order valence-electron chi connectivity index (χ2n) is 5.24. The third-order valence-corrected chi connectivity index (χ3v) is 3.50. The van der Waals surface area contributed by atoms with Crippen molar-refractivity contribution in [2.75, 3.05) is 6.54 Å². The minimum atomic E-state index is 0. The molecule has 4 heteroatoms. The monoisotopic (exact) mass is 320 g/mol. The van der Waals surface area contributed by atoms with Gasteiger partial charge in [-0.1, -0.05) is 48.9 Å². The summed E-state index contributed by atoms with van der Waals surface area (Å²) in [4.78, 5) is 0. The smallest absolute Gasteiger partial charge is 0.120 e. The number of unbranched alkanes of at least 4 members (excludes halogenated alkanes) is 1. The first-order valence-corrected chi connectivity index (χ1v) is 7.52. The zero-order valence-electron chi connectivity index (χ0n) is 12.8. The topological polar surface area (TPSA) is 61.3 Å². The Morgan fingerprint density at radius 3 is 2.45 bits per heavy atom. The van der Waals surface area contributed by atoms with Crippen LogP contribution in [0.5, 0.6) is 5.75 Å². The molecule has 0 spiro atoms. The molecule has 2 rings (SSSR count). The Bertz CT molecular complexity index is 534. The maximum atomic E-state index is 6.22. The molecule has 0 fully saturated rings. The van der Waals surface area contributed by atoms with Crippen LogP contribution in [-0.4, -0.2) is 6.54 Å². The lowest BCUT2D eigenvalue weighted by Gasteiger charge is -2.13. The summed E-state index contributed by atoms with van der Waals surface area (Å²) in [5, 5.41) is 0. The summed E-state index contributed by atoms with van der Waals surface area (Å²) in [6.07, 6.45) is 3.05. The third-order valence-electron chi connectivity index (χ3n) is 3.50. The molecule has 22 heavy (non-hydrogen) atoms. The zero-order chi connectivity index (χ0) is 14.9. The molecule has 1 atom stereocenters. The van der Waals surface area contributed by atoms with Crippen LogP contribution in [0.1, 0.15) is 36.4 Å². The molecule has 0 heterocycles. The predicted molar refractivity (Wildman–Crippen MR) is 94.3 cm³/mol. The molecular weight excluding hydrogens is 296 g/mol. The second-order valence-corrected chi connectivity index (χ2v) is 5.24. The van der Waals surface area contributed by atoms with Crippen molar-refractivity contribution in [2.24, 2.45) is 11.5 Å². The first-order valence-electron chi connectivity index (χ1n) is 7.52. The van der Waals surface area contributed by atoms with Crippen LogP contribution in [-0.2, 0) is 6.61 Å². The van der Waals surface area contributed by atoms with Crippen molar-refractivity contribution in [3.05, 3.63) is 65.7 Å². The molecule has 120 valence electrons. The van der Waals surface area contributed by atoms with Crippen molar-refractivity contribution in [3.63, 3.8) is 0 Å². The van der Waals surface area contributed by atoms with Gasteiger partial charge in [0.25, 0.3) is 0 Å². The summed E-state index contributed by atoms with van der Waals surface area (Å²) < 4.78 is 5.83. The summed E-state index contributed by atoms with van der Waals surface area (Å²) in [6, 6.07) is 18.3. The highest BCUT2D eigenvalue weighted by Crippen LogP contribution is 2.22. The van der Waals surface area contributed by atoms with Crippen molar-refractivity contribution < 1.29 is 4.74 Å². The van der Waals surface area contributed by atoms with Crippen LogP contribution < -0.4 is 16.2 Å². The summed E-state index contributed by atoms with van der Waals surface area (Å²) in [7, 11) is 0. The molecule has 0 aliphatic rings. The maximum absolute atomic E-state index is 6.22. The molecule has 2 aromatic carbocycles. The zero-order valence-corrected chi connectivity index (χ0v) is 13.6. The minimum Gasteiger partial charge on any atom is -0.489 e. The average Bonchev–Trinajstić information content (AvgIpc) is 2.54. The van der Waals surface area contributed by atoms with Crippen LogP contribution in [0.2, 0.25) is 0 Å². The van der Waals surface area contributed by atoms with Gasteiger partial charge < -0.3 is 16.2 Å². The van der Waals surface area contributed by atoms with Gasteiger partial charge in [-0.15, -0.1) is 12.4 Å². The Morgan fingerprint density at radius 1 is 0.955 bits per heavy atom. The summed E-state index contributed by atoms with van der Waals surface area (Å²) in [6.45, 7) is 1.31. The van der Waals surface area contributed by atoms with Crippen molar-refractivity contribution in [3.8, 4) is 5.75 Å². The van der Waals surface area contributed by atoms with Gasteiger partial charge in [0, 0.05) is 6.04 Å². The number of halogens is 1. The van der Waals surface area contributed by atoms with E-state index in [-0.39, 0.29) is 18.4 Å². The lowest BCUT2D eigenvalue weighted by molar-refractivity contribution is 0.305. The van der Waals surface area contributed by atoms with E-state index in [1.165, 1.54) is 0 Å². The first-order chi connectivity index (χ1) is 10.3. The maximum Gasteiger partial charge on any atom is 0.120 e. The highest BCUT2D eigenvalue weighted by molar-refractivity contribution is 5.85. The number of benzene rings is 2. The molecular formula is C18H25ClN2O. The Morgan fingerprint density at radius 2 is 1.73 bits per heavy atom. The van der Waals surface area contributed by atoms with Crippen molar-refractivity contribution in [2.45, 2.75) is 31.9 Å². The highest BCUT2D eigenvalue weighted by Gasteiger charge is 2.07. The highest BCUT2D eigenvalue weighted by atomic mass is 35.5. The summed E-state index contributed by atoms with van der Waals surface area (Å²) in [5.41, 5.74) is 14.0. The van der Waals surface area contributed by atoms with Gasteiger partial charge in [0.05, 0.1) is 0 Å². The molecule has 0 aliphatic heterocycles. The van der Waals surface area contributed by atoms with E-state index in [1.54, 1.807) is 0 Å². The van der Waals surface area contributed by atoms with E-state index in [2.05, 4.69) is 18.2 Å². The van der Waals surface area contributed by atoms with Crippen LogP contribution in [0.3, 0.4) is 0 Å². The predicted octanol–water partition coefficient (Wildman–Crippen LogP) is 3.82. The largest absolute Gasteiger partial charge is 0.489 e. The Balaban J connectivity index is 0.00000242. The van der Waals surface area contributed by atoms with E-state index >= 15 is 0 Å². The van der Waals surface area contributed by atoms with E-state index in [1.807, 2.05) is 36.4 Å². The Labute approximate surface area is 139 Å². The first kappa shape index (κ1) is 18.5. The van der Waals surface area contributed by atoms with Gasteiger partial charge in [-0.3, -0.25) is 0 Å². The lowest BCUT2D eigenvalue weighted by atomic mass is 10.0. The standard InChI is InChI=1S/C18H24N2O.ClH/c19-12-5-4-11-18(20)16-9-6-10-17(13-16)21-14-15-7-2-1-3-8-15;/h1-3,6-10,13,18H,4-5,11-12,14,19-20H2;1H/t18-;/m0./s1. The molecule has 3 nitrogen and oxygen atoms in total. The number of hydrogen-bond donors (Lipinski definition) is 2. The molecule has 0 unspecified atom stereocenters. The second kappa shape index (κ2) is 10.2. The average molecular weight is 321 g/mol. The minimum absolute atomic E-state index is 0. The van der Waals surface area contributed by atoms with E-state index in [9.17, 15) is 0 Å². The van der Waals surface area contributed by atoms with E-state index in [0.29, 0.717) is 6.61 Å². The molecule has 0 aromatic heterocycles. The molecule has 2 aromatic rings. The van der Waals surface area contributed by atoms with Gasteiger partial charge in [-0.05, 0) is 42.6 Å². The van der Waals surface area contributed by atoms with Crippen LogP contribution in [0, 0.1) is 0 Å². The van der Waals surface area contributed by atoms with Crippen molar-refractivity contribution >= 4 is 12.4 Å². The van der Waals surface area contributed by atoms with Gasteiger partial charge in [0.15, 0.2) is 0 Å². The fourth-order valence-corrected chi connectivity index (χ4v) is 2.25. The number of ether oxygens (including phenoxy) is 1. The molecule has 0 saturated carbocycles. The number of rotatable bonds is 8.